The minimum Gasteiger partial charge on any atom is -0.410 e. The number of amides is 1. The molecule has 1 aliphatic rings. The minimum absolute atomic E-state index is 0.126. The van der Waals surface area contributed by atoms with E-state index in [0.29, 0.717) is 25.0 Å². The molecule has 1 amide bonds. The predicted octanol–water partition coefficient (Wildman–Crippen LogP) is 4.42. The lowest BCUT2D eigenvalue weighted by Gasteiger charge is -2.25. The van der Waals surface area contributed by atoms with Gasteiger partial charge in [-0.3, -0.25) is 4.79 Å². The van der Waals surface area contributed by atoms with Gasteiger partial charge >= 0.3 is 6.09 Å². The first-order chi connectivity index (χ1) is 12.3. The molecule has 0 aliphatic heterocycles. The number of fused-ring (bicyclic) bond motifs is 1. The van der Waals surface area contributed by atoms with Gasteiger partial charge in [0.15, 0.2) is 0 Å². The highest BCUT2D eigenvalue weighted by Gasteiger charge is 2.28. The Kier molecular flexibility index (Phi) is 5.12. The first kappa shape index (κ1) is 18.2. The summed E-state index contributed by atoms with van der Waals surface area (Å²) >= 11 is 0. The average molecular weight is 351 g/mol. The molecule has 1 aliphatic carbocycles. The number of hydrogen-bond donors (Lipinski definition) is 1. The SMILES string of the molecule is CC(C)(C)NC(=O)Oc1ccc2c(c1)CCC(=O)C2Cc1ccccc1. The van der Waals surface area contributed by atoms with Crippen molar-refractivity contribution in [3.63, 3.8) is 0 Å². The maximum atomic E-state index is 12.5. The van der Waals surface area contributed by atoms with Gasteiger partial charge in [0.2, 0.25) is 0 Å². The van der Waals surface area contributed by atoms with Crippen molar-refractivity contribution in [2.24, 2.45) is 0 Å². The van der Waals surface area contributed by atoms with Crippen molar-refractivity contribution in [1.29, 1.82) is 0 Å². The highest BCUT2D eigenvalue weighted by molar-refractivity contribution is 5.88. The van der Waals surface area contributed by atoms with E-state index in [4.69, 9.17) is 4.74 Å². The highest BCUT2D eigenvalue weighted by atomic mass is 16.6. The zero-order chi connectivity index (χ0) is 18.7. The van der Waals surface area contributed by atoms with Crippen LogP contribution in [-0.2, 0) is 17.6 Å². The van der Waals surface area contributed by atoms with Crippen LogP contribution in [0.1, 0.15) is 49.8 Å². The Balaban J connectivity index is 1.78. The number of Topliss-reactive ketones (excluding diaryl/α,β-unsaturated/α-hetero) is 1. The van der Waals surface area contributed by atoms with E-state index in [-0.39, 0.29) is 17.2 Å². The minimum atomic E-state index is -0.467. The summed E-state index contributed by atoms with van der Waals surface area (Å²) in [5.41, 5.74) is 2.95. The fraction of sp³-hybridized carbons (Fsp3) is 0.364. The summed E-state index contributed by atoms with van der Waals surface area (Å²) in [5, 5.41) is 2.78. The molecule has 0 saturated heterocycles. The van der Waals surface area contributed by atoms with Crippen molar-refractivity contribution in [2.75, 3.05) is 0 Å². The number of carbonyl (C=O) groups is 2. The number of carbonyl (C=O) groups excluding carboxylic acids is 2. The molecule has 3 rings (SSSR count). The summed E-state index contributed by atoms with van der Waals surface area (Å²) < 4.78 is 5.40. The molecule has 1 atom stereocenters. The topological polar surface area (TPSA) is 55.4 Å². The van der Waals surface area contributed by atoms with E-state index in [1.165, 1.54) is 0 Å². The third kappa shape index (κ3) is 4.51. The number of rotatable bonds is 3. The van der Waals surface area contributed by atoms with Gasteiger partial charge in [-0.25, -0.2) is 4.79 Å². The van der Waals surface area contributed by atoms with Gasteiger partial charge in [0.25, 0.3) is 0 Å². The van der Waals surface area contributed by atoms with Gasteiger partial charge in [0.05, 0.1) is 0 Å². The second kappa shape index (κ2) is 7.32. The molecule has 0 fully saturated rings. The molecule has 136 valence electrons. The molecule has 2 aromatic rings. The quantitative estimate of drug-likeness (QED) is 0.891. The Labute approximate surface area is 154 Å². The lowest BCUT2D eigenvalue weighted by atomic mass is 9.78. The van der Waals surface area contributed by atoms with Crippen LogP contribution >= 0.6 is 0 Å². The maximum absolute atomic E-state index is 12.5. The Bertz CT molecular complexity index is 806. The van der Waals surface area contributed by atoms with E-state index in [1.807, 2.05) is 51.1 Å². The fourth-order valence-corrected chi connectivity index (χ4v) is 3.32. The fourth-order valence-electron chi connectivity index (χ4n) is 3.32. The molecule has 4 nitrogen and oxygen atoms in total. The summed E-state index contributed by atoms with van der Waals surface area (Å²) in [6.45, 7) is 5.71. The smallest absolute Gasteiger partial charge is 0.410 e. The van der Waals surface area contributed by atoms with Crippen LogP contribution in [-0.4, -0.2) is 17.4 Å². The summed E-state index contributed by atoms with van der Waals surface area (Å²) in [4.78, 5) is 24.5. The molecule has 26 heavy (non-hydrogen) atoms. The maximum Gasteiger partial charge on any atom is 0.413 e. The zero-order valence-electron chi connectivity index (χ0n) is 15.5. The zero-order valence-corrected chi connectivity index (χ0v) is 15.5. The van der Waals surface area contributed by atoms with Gasteiger partial charge in [-0.2, -0.15) is 0 Å². The first-order valence-corrected chi connectivity index (χ1v) is 9.01. The number of aryl methyl sites for hydroxylation is 1. The molecule has 0 heterocycles. The van der Waals surface area contributed by atoms with Crippen LogP contribution in [0.3, 0.4) is 0 Å². The van der Waals surface area contributed by atoms with Crippen LogP contribution < -0.4 is 10.1 Å². The van der Waals surface area contributed by atoms with Crippen LogP contribution in [0.4, 0.5) is 4.79 Å². The van der Waals surface area contributed by atoms with Crippen molar-refractivity contribution in [1.82, 2.24) is 5.32 Å². The third-order valence-corrected chi connectivity index (χ3v) is 4.49. The molecule has 0 radical (unpaired) electrons. The van der Waals surface area contributed by atoms with Gasteiger partial charge < -0.3 is 10.1 Å². The normalized spacial score (nSPS) is 16.7. The van der Waals surface area contributed by atoms with Gasteiger partial charge in [-0.05, 0) is 62.4 Å². The number of ether oxygens (including phenoxy) is 1. The number of ketones is 1. The monoisotopic (exact) mass is 351 g/mol. The summed E-state index contributed by atoms with van der Waals surface area (Å²) in [5.74, 6) is 0.664. The van der Waals surface area contributed by atoms with E-state index in [1.54, 1.807) is 6.07 Å². The van der Waals surface area contributed by atoms with E-state index in [9.17, 15) is 9.59 Å². The molecular formula is C22H25NO3. The molecule has 4 heteroatoms. The molecule has 0 bridgehead atoms. The number of nitrogens with one attached hydrogen (secondary N) is 1. The van der Waals surface area contributed by atoms with Gasteiger partial charge in [-0.15, -0.1) is 0 Å². The van der Waals surface area contributed by atoms with Gasteiger partial charge in [0, 0.05) is 17.9 Å². The Morgan fingerprint density at radius 1 is 1.12 bits per heavy atom. The first-order valence-electron chi connectivity index (χ1n) is 9.01. The largest absolute Gasteiger partial charge is 0.413 e. The van der Waals surface area contributed by atoms with Crippen LogP contribution in [0.2, 0.25) is 0 Å². The van der Waals surface area contributed by atoms with Crippen molar-refractivity contribution in [3.8, 4) is 5.75 Å². The standard InChI is InChI=1S/C22H25NO3/c1-22(2,3)23-21(25)26-17-10-11-18-16(14-17)9-12-20(24)19(18)13-15-7-5-4-6-8-15/h4-8,10-11,14,19H,9,12-13H2,1-3H3,(H,23,25). The van der Waals surface area contributed by atoms with E-state index >= 15 is 0 Å². The summed E-state index contributed by atoms with van der Waals surface area (Å²) in [7, 11) is 0. The van der Waals surface area contributed by atoms with Gasteiger partial charge in [-0.1, -0.05) is 36.4 Å². The molecule has 1 unspecified atom stereocenters. The van der Waals surface area contributed by atoms with Gasteiger partial charge in [0.1, 0.15) is 11.5 Å². The predicted molar refractivity (Wildman–Crippen MR) is 102 cm³/mol. The lowest BCUT2D eigenvalue weighted by molar-refractivity contribution is -0.120. The van der Waals surface area contributed by atoms with E-state index in [2.05, 4.69) is 17.4 Å². The van der Waals surface area contributed by atoms with Crippen LogP contribution in [0.15, 0.2) is 48.5 Å². The summed E-state index contributed by atoms with van der Waals surface area (Å²) in [6, 6.07) is 15.7. The van der Waals surface area contributed by atoms with Crippen molar-refractivity contribution < 1.29 is 14.3 Å². The second-order valence-corrected chi connectivity index (χ2v) is 7.83. The van der Waals surface area contributed by atoms with Crippen LogP contribution in [0.5, 0.6) is 5.75 Å². The molecule has 0 saturated carbocycles. The Hall–Kier alpha value is -2.62. The molecule has 2 aromatic carbocycles. The Morgan fingerprint density at radius 3 is 2.54 bits per heavy atom. The molecule has 1 N–H and O–H groups in total. The highest BCUT2D eigenvalue weighted by Crippen LogP contribution is 2.34. The van der Waals surface area contributed by atoms with E-state index < -0.39 is 6.09 Å². The summed E-state index contributed by atoms with van der Waals surface area (Å²) in [6.07, 6.45) is 1.46. The molecule has 0 spiro atoms. The molecule has 0 aromatic heterocycles. The third-order valence-electron chi connectivity index (χ3n) is 4.49. The number of benzene rings is 2. The average Bonchev–Trinajstić information content (AvgIpc) is 2.56. The Morgan fingerprint density at radius 2 is 1.85 bits per heavy atom. The van der Waals surface area contributed by atoms with E-state index in [0.717, 1.165) is 16.7 Å². The van der Waals surface area contributed by atoms with Crippen molar-refractivity contribution >= 4 is 11.9 Å². The van der Waals surface area contributed by atoms with Crippen molar-refractivity contribution in [3.05, 3.63) is 65.2 Å². The van der Waals surface area contributed by atoms with Crippen LogP contribution in [0, 0.1) is 0 Å². The van der Waals surface area contributed by atoms with Crippen LogP contribution in [0.25, 0.3) is 0 Å². The molecular weight excluding hydrogens is 326 g/mol. The van der Waals surface area contributed by atoms with Crippen molar-refractivity contribution in [2.45, 2.75) is 51.5 Å². The lowest BCUT2D eigenvalue weighted by Crippen LogP contribution is -2.42. The number of hydrogen-bond acceptors (Lipinski definition) is 3. The second-order valence-electron chi connectivity index (χ2n) is 7.83.